The lowest BCUT2D eigenvalue weighted by atomic mass is 9.93. The first-order chi connectivity index (χ1) is 21.2. The van der Waals surface area contributed by atoms with Gasteiger partial charge >= 0.3 is 0 Å². The van der Waals surface area contributed by atoms with Gasteiger partial charge in [0.05, 0.1) is 13.2 Å². The third-order valence-electron chi connectivity index (χ3n) is 6.88. The van der Waals surface area contributed by atoms with E-state index in [-0.39, 0.29) is 55.0 Å². The van der Waals surface area contributed by atoms with Crippen LogP contribution in [0.3, 0.4) is 0 Å². The van der Waals surface area contributed by atoms with E-state index in [9.17, 15) is 24.6 Å². The molecule has 0 unspecified atom stereocenters. The fourth-order valence-corrected chi connectivity index (χ4v) is 4.66. The summed E-state index contributed by atoms with van der Waals surface area (Å²) in [5.41, 5.74) is 7.48. The second-order valence-corrected chi connectivity index (χ2v) is 10.3. The van der Waals surface area contributed by atoms with E-state index in [0.29, 0.717) is 60.1 Å². The zero-order valence-electron chi connectivity index (χ0n) is 25.6. The van der Waals surface area contributed by atoms with Gasteiger partial charge in [0.1, 0.15) is 0 Å². The molecule has 0 atom stereocenters. The molecule has 1 fully saturated rings. The van der Waals surface area contributed by atoms with Crippen molar-refractivity contribution in [2.45, 2.75) is 39.5 Å². The molecule has 0 saturated carbocycles. The van der Waals surface area contributed by atoms with Gasteiger partial charge in [0, 0.05) is 43.6 Å². The number of amides is 2. The van der Waals surface area contributed by atoms with E-state index >= 15 is 0 Å². The first-order valence-corrected chi connectivity index (χ1v) is 15.1. The number of carbonyl (C=O) groups excluding carboxylic acids is 3. The molecule has 0 radical (unpaired) electrons. The first kappa shape index (κ1) is 34.1. The highest BCUT2D eigenvalue weighted by atomic mass is 16.5. The maximum Gasteiger partial charge on any atom is 0.223 e. The smallest absolute Gasteiger partial charge is 0.223 e. The Bertz CT molecular complexity index is 1280. The van der Waals surface area contributed by atoms with Gasteiger partial charge in [-0.15, -0.1) is 0 Å². The number of rotatable bonds is 16. The van der Waals surface area contributed by atoms with Crippen LogP contribution in [0.1, 0.15) is 50.7 Å². The summed E-state index contributed by atoms with van der Waals surface area (Å²) in [6.07, 6.45) is 5.05. The Labute approximate surface area is 258 Å². The van der Waals surface area contributed by atoms with Crippen molar-refractivity contribution in [2.75, 3.05) is 52.5 Å². The van der Waals surface area contributed by atoms with Crippen LogP contribution in [0.25, 0.3) is 12.2 Å². The highest BCUT2D eigenvalue weighted by molar-refractivity contribution is 6.15. The van der Waals surface area contributed by atoms with E-state index in [1.807, 2.05) is 0 Å². The molecule has 11 nitrogen and oxygen atoms in total. The Morgan fingerprint density at radius 3 is 1.93 bits per heavy atom. The van der Waals surface area contributed by atoms with E-state index in [1.54, 1.807) is 55.2 Å². The van der Waals surface area contributed by atoms with Gasteiger partial charge in [-0.3, -0.25) is 14.4 Å². The molecule has 2 aromatic carbocycles. The van der Waals surface area contributed by atoms with Gasteiger partial charge < -0.3 is 41.0 Å². The van der Waals surface area contributed by atoms with Gasteiger partial charge in [0.15, 0.2) is 28.8 Å². The van der Waals surface area contributed by atoms with Crippen LogP contribution in [-0.2, 0) is 14.4 Å². The Kier molecular flexibility index (Phi) is 13.7. The van der Waals surface area contributed by atoms with Gasteiger partial charge in [-0.05, 0) is 93.9 Å². The Morgan fingerprint density at radius 2 is 1.41 bits per heavy atom. The quantitative estimate of drug-likeness (QED) is 0.142. The summed E-state index contributed by atoms with van der Waals surface area (Å²) in [6.45, 7) is 7.20. The van der Waals surface area contributed by atoms with Crippen molar-refractivity contribution in [1.82, 2.24) is 15.5 Å². The lowest BCUT2D eigenvalue weighted by Crippen LogP contribution is -2.42. The molecule has 2 amide bonds. The molecule has 3 rings (SSSR count). The van der Waals surface area contributed by atoms with Gasteiger partial charge in [-0.1, -0.05) is 12.1 Å². The Hall–Kier alpha value is -4.35. The molecule has 0 bridgehead atoms. The number of nitrogens with two attached hydrogens (primary N) is 1. The fraction of sp³-hybridized carbons (Fsp3) is 0.424. The number of carbonyl (C=O) groups is 3. The number of hydrogen-bond donors (Lipinski definition) is 5. The van der Waals surface area contributed by atoms with Crippen molar-refractivity contribution in [3.8, 4) is 23.0 Å². The standard InChI is InChI=1S/C33H44N4O7/c1-3-43-29-19-23(7-9-27(29)38)17-25-21-37(32(41)12-11-31(40)36-16-6-15-35-14-5-13-34)22-26(33(25)42)18-24-8-10-28(39)30(20-24)44-4-2/h7-10,17-20,35,38-39H,3-6,11-16,21-22,34H2,1-2H3,(H,36,40)/b25-17+,26-18+. The molecular weight excluding hydrogens is 564 g/mol. The summed E-state index contributed by atoms with van der Waals surface area (Å²) in [7, 11) is 0. The molecular formula is C33H44N4O7. The van der Waals surface area contributed by atoms with Gasteiger partial charge in [-0.2, -0.15) is 0 Å². The third kappa shape index (κ3) is 10.4. The molecule has 1 saturated heterocycles. The second kappa shape index (κ2) is 17.7. The zero-order chi connectivity index (χ0) is 31.9. The lowest BCUT2D eigenvalue weighted by Gasteiger charge is -2.30. The van der Waals surface area contributed by atoms with Crippen LogP contribution in [-0.4, -0.2) is 85.2 Å². The predicted molar refractivity (Wildman–Crippen MR) is 169 cm³/mol. The lowest BCUT2D eigenvalue weighted by molar-refractivity contribution is -0.133. The number of Topliss-reactive ketones (excluding diaryl/α,β-unsaturated/α-hetero) is 1. The summed E-state index contributed by atoms with van der Waals surface area (Å²) in [4.78, 5) is 40.9. The number of likely N-dealkylation sites (tertiary alicyclic amines) is 1. The number of hydrogen-bond acceptors (Lipinski definition) is 9. The average molecular weight is 609 g/mol. The van der Waals surface area contributed by atoms with Crippen LogP contribution in [0.15, 0.2) is 47.5 Å². The summed E-state index contributed by atoms with van der Waals surface area (Å²) >= 11 is 0. The van der Waals surface area contributed by atoms with E-state index in [2.05, 4.69) is 10.6 Å². The number of piperidine rings is 1. The van der Waals surface area contributed by atoms with Gasteiger partial charge in [0.2, 0.25) is 11.8 Å². The Morgan fingerprint density at radius 1 is 0.864 bits per heavy atom. The maximum atomic E-state index is 13.6. The molecule has 11 heteroatoms. The van der Waals surface area contributed by atoms with Gasteiger partial charge in [0.25, 0.3) is 0 Å². The van der Waals surface area contributed by atoms with Gasteiger partial charge in [-0.25, -0.2) is 0 Å². The van der Waals surface area contributed by atoms with E-state index in [4.69, 9.17) is 15.2 Å². The summed E-state index contributed by atoms with van der Waals surface area (Å²) in [5.74, 6) is -0.143. The number of aromatic hydroxyl groups is 2. The second-order valence-electron chi connectivity index (χ2n) is 10.3. The molecule has 6 N–H and O–H groups in total. The van der Waals surface area contributed by atoms with E-state index in [1.165, 1.54) is 12.1 Å². The topological polar surface area (TPSA) is 163 Å². The molecule has 0 spiro atoms. The number of nitrogens with zero attached hydrogens (tertiary/aromatic N) is 1. The largest absolute Gasteiger partial charge is 0.504 e. The molecule has 2 aromatic rings. The zero-order valence-corrected chi connectivity index (χ0v) is 25.6. The van der Waals surface area contributed by atoms with E-state index < -0.39 is 0 Å². The van der Waals surface area contributed by atoms with Crippen LogP contribution >= 0.6 is 0 Å². The highest BCUT2D eigenvalue weighted by Crippen LogP contribution is 2.31. The summed E-state index contributed by atoms with van der Waals surface area (Å²) < 4.78 is 11.0. The van der Waals surface area contributed by atoms with Crippen LogP contribution < -0.4 is 25.8 Å². The fourth-order valence-electron chi connectivity index (χ4n) is 4.66. The minimum absolute atomic E-state index is 0.00325. The maximum absolute atomic E-state index is 13.6. The Balaban J connectivity index is 1.77. The number of phenolic OH excluding ortho intramolecular Hbond substituents is 2. The van der Waals surface area contributed by atoms with Crippen molar-refractivity contribution >= 4 is 29.7 Å². The molecule has 238 valence electrons. The van der Waals surface area contributed by atoms with Crippen LogP contribution in [0.4, 0.5) is 0 Å². The molecule has 0 aliphatic carbocycles. The molecule has 44 heavy (non-hydrogen) atoms. The minimum atomic E-state index is -0.255. The van der Waals surface area contributed by atoms with Crippen molar-refractivity contribution in [3.63, 3.8) is 0 Å². The number of ether oxygens (including phenoxy) is 2. The molecule has 1 heterocycles. The summed E-state index contributed by atoms with van der Waals surface area (Å²) in [6, 6.07) is 9.57. The van der Waals surface area contributed by atoms with Crippen molar-refractivity contribution in [2.24, 2.45) is 5.73 Å². The van der Waals surface area contributed by atoms with E-state index in [0.717, 1.165) is 25.9 Å². The average Bonchev–Trinajstić information content (AvgIpc) is 3.01. The van der Waals surface area contributed by atoms with Crippen molar-refractivity contribution in [1.29, 1.82) is 0 Å². The molecule has 1 aliphatic heterocycles. The van der Waals surface area contributed by atoms with Crippen LogP contribution in [0, 0.1) is 0 Å². The third-order valence-corrected chi connectivity index (χ3v) is 6.88. The molecule has 0 aromatic heterocycles. The van der Waals surface area contributed by atoms with Crippen molar-refractivity contribution < 1.29 is 34.1 Å². The minimum Gasteiger partial charge on any atom is -0.504 e. The number of benzene rings is 2. The number of phenols is 2. The van der Waals surface area contributed by atoms with Crippen LogP contribution in [0.2, 0.25) is 0 Å². The van der Waals surface area contributed by atoms with Crippen molar-refractivity contribution in [3.05, 3.63) is 58.7 Å². The number of nitrogens with one attached hydrogen (secondary N) is 2. The normalized spacial score (nSPS) is 15.1. The highest BCUT2D eigenvalue weighted by Gasteiger charge is 2.29. The SMILES string of the molecule is CCOc1cc(/C=C2\CN(C(=O)CCC(=O)NCCCNCCCN)C/C(=C\c3ccc(O)c(OCC)c3)C2=O)ccc1O. The monoisotopic (exact) mass is 608 g/mol. The van der Waals surface area contributed by atoms with Crippen LogP contribution in [0.5, 0.6) is 23.0 Å². The predicted octanol–water partition coefficient (Wildman–Crippen LogP) is 3.00. The summed E-state index contributed by atoms with van der Waals surface area (Å²) in [5, 5.41) is 26.3. The number of ketones is 1. The first-order valence-electron chi connectivity index (χ1n) is 15.1. The molecule has 1 aliphatic rings.